The first kappa shape index (κ1) is 21.4. The van der Waals surface area contributed by atoms with E-state index in [0.717, 1.165) is 38.4 Å². The lowest BCUT2D eigenvalue weighted by molar-refractivity contribution is 0.372. The minimum Gasteiger partial charge on any atom is -0.357 e. The van der Waals surface area contributed by atoms with Gasteiger partial charge in [0.15, 0.2) is 5.96 Å². The third-order valence-electron chi connectivity index (χ3n) is 4.30. The van der Waals surface area contributed by atoms with E-state index in [-0.39, 0.29) is 0 Å². The molecule has 1 aromatic carbocycles. The molecule has 150 valence electrons. The average molecular weight is 393 g/mol. The Bertz CT molecular complexity index is 760. The van der Waals surface area contributed by atoms with Crippen molar-refractivity contribution in [2.45, 2.75) is 39.2 Å². The van der Waals surface area contributed by atoms with Crippen molar-refractivity contribution < 1.29 is 8.42 Å². The molecule has 1 fully saturated rings. The molecule has 0 atom stereocenters. The summed E-state index contributed by atoms with van der Waals surface area (Å²) < 4.78 is 25.7. The van der Waals surface area contributed by atoms with Crippen molar-refractivity contribution in [1.82, 2.24) is 14.9 Å². The maximum absolute atomic E-state index is 11.5. The van der Waals surface area contributed by atoms with Crippen LogP contribution in [0.25, 0.3) is 6.08 Å². The van der Waals surface area contributed by atoms with E-state index in [1.807, 2.05) is 26.8 Å². The van der Waals surface area contributed by atoms with Crippen molar-refractivity contribution in [3.05, 3.63) is 41.5 Å². The highest BCUT2D eigenvalue weighted by Crippen LogP contribution is 2.19. The normalized spacial score (nSPS) is 16.4. The number of hydrogen-bond acceptors (Lipinski definition) is 3. The summed E-state index contributed by atoms with van der Waals surface area (Å²) in [5.41, 5.74) is 2.07. The highest BCUT2D eigenvalue weighted by atomic mass is 32.2. The molecule has 0 amide bonds. The highest BCUT2D eigenvalue weighted by molar-refractivity contribution is 7.88. The van der Waals surface area contributed by atoms with Crippen molar-refractivity contribution >= 4 is 22.1 Å². The Kier molecular flexibility index (Phi) is 7.44. The van der Waals surface area contributed by atoms with Gasteiger partial charge in [0.2, 0.25) is 10.0 Å². The Morgan fingerprint density at radius 2 is 1.85 bits per heavy atom. The van der Waals surface area contributed by atoms with Gasteiger partial charge < -0.3 is 10.2 Å². The number of aliphatic imine (C=N–C) groups is 1. The predicted molar refractivity (Wildman–Crippen MR) is 113 cm³/mol. The summed E-state index contributed by atoms with van der Waals surface area (Å²) in [5, 5.41) is 3.33. The molecule has 1 aliphatic rings. The quantitative estimate of drug-likeness (QED) is 0.576. The smallest absolute Gasteiger partial charge is 0.209 e. The van der Waals surface area contributed by atoms with Gasteiger partial charge in [-0.1, -0.05) is 42.0 Å². The van der Waals surface area contributed by atoms with Gasteiger partial charge in [-0.15, -0.1) is 0 Å². The number of rotatable bonds is 6. The summed E-state index contributed by atoms with van der Waals surface area (Å²) in [4.78, 5) is 6.94. The summed E-state index contributed by atoms with van der Waals surface area (Å²) in [7, 11) is -3.26. The number of sulfonamides is 1. The maximum Gasteiger partial charge on any atom is 0.209 e. The highest BCUT2D eigenvalue weighted by Gasteiger charge is 2.23. The molecule has 2 N–H and O–H groups in total. The Morgan fingerprint density at radius 1 is 1.22 bits per heavy atom. The molecule has 0 aromatic heterocycles. The van der Waals surface area contributed by atoms with Crippen LogP contribution < -0.4 is 10.0 Å². The van der Waals surface area contributed by atoms with Crippen molar-refractivity contribution in [3.63, 3.8) is 0 Å². The molecule has 0 saturated carbocycles. The fourth-order valence-corrected chi connectivity index (χ4v) is 4.24. The number of nitrogens with one attached hydrogen (secondary N) is 2. The third-order valence-corrected chi connectivity index (χ3v) is 5.22. The molecular formula is C20H32N4O2S. The van der Waals surface area contributed by atoms with Crippen molar-refractivity contribution in [1.29, 1.82) is 0 Å². The van der Waals surface area contributed by atoms with Gasteiger partial charge in [0.1, 0.15) is 0 Å². The predicted octanol–water partition coefficient (Wildman–Crippen LogP) is 2.46. The van der Waals surface area contributed by atoms with Crippen LogP contribution in [0, 0.1) is 0 Å². The number of piperidine rings is 1. The molecule has 1 aliphatic heterocycles. The first-order chi connectivity index (χ1) is 12.7. The SMILES string of the molecule is CCNC(=NCC(C)(C)NS(C)(=O)=O)N1CCC(=Cc2ccccc2)CC1. The van der Waals surface area contributed by atoms with Gasteiger partial charge in [-0.25, -0.2) is 13.1 Å². The third kappa shape index (κ3) is 7.72. The second kappa shape index (κ2) is 9.37. The van der Waals surface area contributed by atoms with E-state index < -0.39 is 15.6 Å². The molecule has 1 heterocycles. The van der Waals surface area contributed by atoms with Gasteiger partial charge in [0.05, 0.1) is 12.8 Å². The Labute approximate surface area is 163 Å². The van der Waals surface area contributed by atoms with Crippen molar-refractivity contribution in [2.24, 2.45) is 4.99 Å². The van der Waals surface area contributed by atoms with Crippen LogP contribution in [0.2, 0.25) is 0 Å². The largest absolute Gasteiger partial charge is 0.357 e. The van der Waals surface area contributed by atoms with Gasteiger partial charge in [0.25, 0.3) is 0 Å². The monoisotopic (exact) mass is 392 g/mol. The van der Waals surface area contributed by atoms with E-state index in [9.17, 15) is 8.42 Å². The molecule has 0 aliphatic carbocycles. The van der Waals surface area contributed by atoms with Crippen molar-refractivity contribution in [3.8, 4) is 0 Å². The molecule has 0 radical (unpaired) electrons. The maximum atomic E-state index is 11.5. The van der Waals surface area contributed by atoms with Crippen LogP contribution >= 0.6 is 0 Å². The zero-order valence-electron chi connectivity index (χ0n) is 16.8. The molecule has 0 spiro atoms. The van der Waals surface area contributed by atoms with Crippen molar-refractivity contribution in [2.75, 3.05) is 32.4 Å². The molecule has 6 nitrogen and oxygen atoms in total. The van der Waals surface area contributed by atoms with Gasteiger partial charge in [-0.2, -0.15) is 0 Å². The number of guanidine groups is 1. The van der Waals surface area contributed by atoms with Gasteiger partial charge in [0, 0.05) is 25.2 Å². The Morgan fingerprint density at radius 3 is 2.41 bits per heavy atom. The van der Waals surface area contributed by atoms with Crippen LogP contribution in [0.15, 0.2) is 40.9 Å². The molecule has 0 bridgehead atoms. The zero-order chi connectivity index (χ0) is 19.9. The van der Waals surface area contributed by atoms with Crippen LogP contribution in [0.4, 0.5) is 0 Å². The fourth-order valence-electron chi connectivity index (χ4n) is 3.17. The van der Waals surface area contributed by atoms with Gasteiger partial charge >= 0.3 is 0 Å². The van der Waals surface area contributed by atoms with Crippen LogP contribution in [0.3, 0.4) is 0 Å². The number of nitrogens with zero attached hydrogens (tertiary/aromatic N) is 2. The molecule has 1 aromatic rings. The standard InChI is InChI=1S/C20H32N4O2S/c1-5-21-19(22-16-20(2,3)23-27(4,25)26)24-13-11-18(12-14-24)15-17-9-7-6-8-10-17/h6-10,15,23H,5,11-14,16H2,1-4H3,(H,21,22). The fraction of sp³-hybridized carbons (Fsp3) is 0.550. The van der Waals surface area contributed by atoms with Gasteiger partial charge in [-0.3, -0.25) is 4.99 Å². The number of likely N-dealkylation sites (tertiary alicyclic amines) is 1. The summed E-state index contributed by atoms with van der Waals surface area (Å²) in [6.07, 6.45) is 5.46. The van der Waals surface area contributed by atoms with E-state index in [0.29, 0.717) is 6.54 Å². The lowest BCUT2D eigenvalue weighted by atomic mass is 10.0. The van der Waals surface area contributed by atoms with E-state index in [1.165, 1.54) is 17.4 Å². The topological polar surface area (TPSA) is 73.8 Å². The first-order valence-electron chi connectivity index (χ1n) is 9.45. The van der Waals surface area contributed by atoms with E-state index in [4.69, 9.17) is 0 Å². The number of hydrogen-bond donors (Lipinski definition) is 2. The lowest BCUT2D eigenvalue weighted by Gasteiger charge is -2.32. The van der Waals surface area contributed by atoms with E-state index in [1.54, 1.807) is 0 Å². The average Bonchev–Trinajstić information content (AvgIpc) is 2.58. The Balaban J connectivity index is 2.00. The summed E-state index contributed by atoms with van der Waals surface area (Å²) in [6.45, 7) is 8.71. The Hall–Kier alpha value is -1.86. The second-order valence-corrected chi connectivity index (χ2v) is 9.38. The van der Waals surface area contributed by atoms with E-state index >= 15 is 0 Å². The summed E-state index contributed by atoms with van der Waals surface area (Å²) >= 11 is 0. The molecule has 0 unspecified atom stereocenters. The molecule has 27 heavy (non-hydrogen) atoms. The lowest BCUT2D eigenvalue weighted by Crippen LogP contribution is -2.48. The van der Waals surface area contributed by atoms with Crippen LogP contribution in [-0.4, -0.2) is 57.3 Å². The summed E-state index contributed by atoms with van der Waals surface area (Å²) in [6, 6.07) is 10.4. The molecule has 1 saturated heterocycles. The minimum atomic E-state index is -3.26. The van der Waals surface area contributed by atoms with Crippen LogP contribution in [0.5, 0.6) is 0 Å². The number of benzene rings is 1. The van der Waals surface area contributed by atoms with Crippen LogP contribution in [-0.2, 0) is 10.0 Å². The summed E-state index contributed by atoms with van der Waals surface area (Å²) in [5.74, 6) is 0.847. The molecular weight excluding hydrogens is 360 g/mol. The molecule has 7 heteroatoms. The van der Waals surface area contributed by atoms with E-state index in [2.05, 4.69) is 50.3 Å². The zero-order valence-corrected chi connectivity index (χ0v) is 17.6. The first-order valence-corrected chi connectivity index (χ1v) is 11.3. The van der Waals surface area contributed by atoms with Gasteiger partial charge in [-0.05, 0) is 39.2 Å². The molecule has 2 rings (SSSR count). The minimum absolute atomic E-state index is 0.381. The second-order valence-electron chi connectivity index (χ2n) is 7.63. The van der Waals surface area contributed by atoms with Crippen LogP contribution in [0.1, 0.15) is 39.2 Å².